The predicted octanol–water partition coefficient (Wildman–Crippen LogP) is 11.4. The van der Waals surface area contributed by atoms with Crippen LogP contribution in [0.2, 0.25) is 19.6 Å². The molecule has 4 nitrogen and oxygen atoms in total. The summed E-state index contributed by atoms with van der Waals surface area (Å²) in [4.78, 5) is 9.71. The van der Waals surface area contributed by atoms with Crippen LogP contribution in [-0.2, 0) is 33.1 Å². The van der Waals surface area contributed by atoms with Crippen molar-refractivity contribution in [2.45, 2.75) is 60.3 Å². The molecule has 0 atom stereocenters. The Hall–Kier alpha value is -4.61. The minimum atomic E-state index is -1.38. The van der Waals surface area contributed by atoms with Crippen molar-refractivity contribution in [1.29, 1.82) is 0 Å². The fourth-order valence-electron chi connectivity index (χ4n) is 6.75. The van der Waals surface area contributed by atoms with E-state index in [0.29, 0.717) is 0 Å². The number of aromatic nitrogens is 3. The van der Waals surface area contributed by atoms with Gasteiger partial charge in [-0.05, 0) is 46.5 Å². The van der Waals surface area contributed by atoms with Gasteiger partial charge in [-0.1, -0.05) is 131 Å². The molecule has 0 fully saturated rings. The van der Waals surface area contributed by atoms with Crippen LogP contribution in [0.3, 0.4) is 0 Å². The number of fused-ring (bicyclic) bond motifs is 4. The zero-order valence-electron chi connectivity index (χ0n) is 31.0. The minimum Gasteiger partial charge on any atom is -0.501 e. The Labute approximate surface area is 322 Å². The maximum absolute atomic E-state index is 6.25. The third-order valence-corrected chi connectivity index (χ3v) is 11.2. The van der Waals surface area contributed by atoms with E-state index in [4.69, 9.17) is 14.4 Å². The first-order chi connectivity index (χ1) is 24.4. The van der Waals surface area contributed by atoms with Crippen molar-refractivity contribution in [3.05, 3.63) is 150 Å². The number of pyridine rings is 1. The standard InChI is InChI=1S/C26H17N2O.C20H28NSi.Ir/c1-2-9-18(10-3-1)17-28-23-15-6-5-14-22(23)27-26(28)21-13-8-12-20-19-11-4-7-16-24(19)29-25(20)21;1-15-8-10-16(11-9-15)18-12-17(13-20(2,3)4)19(14-21-18)22(5,6)7;/h1-12,14-16H,17H2;8-10,12,14H,13H2,1-7H3;/q2*-1;. The Morgan fingerprint density at radius 2 is 1.54 bits per heavy atom. The molecule has 0 unspecified atom stereocenters. The van der Waals surface area contributed by atoms with Gasteiger partial charge in [-0.3, -0.25) is 4.98 Å². The van der Waals surface area contributed by atoms with Gasteiger partial charge in [0.2, 0.25) is 0 Å². The summed E-state index contributed by atoms with van der Waals surface area (Å²) in [6.07, 6.45) is 3.21. The van der Waals surface area contributed by atoms with Crippen LogP contribution in [-0.4, -0.2) is 22.6 Å². The molecule has 0 aliphatic heterocycles. The zero-order valence-corrected chi connectivity index (χ0v) is 34.4. The van der Waals surface area contributed by atoms with Crippen molar-refractivity contribution in [2.24, 2.45) is 5.41 Å². The van der Waals surface area contributed by atoms with E-state index in [9.17, 15) is 0 Å². The molecule has 0 aliphatic rings. The summed E-state index contributed by atoms with van der Waals surface area (Å²) < 4.78 is 8.51. The van der Waals surface area contributed by atoms with E-state index >= 15 is 0 Å². The van der Waals surface area contributed by atoms with Gasteiger partial charge in [0.25, 0.3) is 0 Å². The summed E-state index contributed by atoms with van der Waals surface area (Å²) in [6.45, 7) is 16.9. The van der Waals surface area contributed by atoms with Crippen molar-refractivity contribution in [3.63, 3.8) is 0 Å². The van der Waals surface area contributed by atoms with Crippen molar-refractivity contribution < 1.29 is 24.5 Å². The van der Waals surface area contributed by atoms with Crippen molar-refractivity contribution in [1.82, 2.24) is 14.5 Å². The van der Waals surface area contributed by atoms with Gasteiger partial charge in [-0.25, -0.2) is 0 Å². The van der Waals surface area contributed by atoms with E-state index < -0.39 is 8.07 Å². The number of hydrogen-bond acceptors (Lipinski definition) is 3. The Morgan fingerprint density at radius 1 is 0.808 bits per heavy atom. The van der Waals surface area contributed by atoms with Crippen LogP contribution in [0.25, 0.3) is 55.6 Å². The minimum absolute atomic E-state index is 0. The molecule has 0 saturated carbocycles. The van der Waals surface area contributed by atoms with E-state index in [-0.39, 0.29) is 25.5 Å². The summed E-state index contributed by atoms with van der Waals surface area (Å²) in [5.41, 5.74) is 11.0. The Bertz CT molecular complexity index is 2450. The molecule has 0 saturated heterocycles. The van der Waals surface area contributed by atoms with Crippen molar-refractivity contribution >= 4 is 46.2 Å². The summed E-state index contributed by atoms with van der Waals surface area (Å²) in [6, 6.07) is 46.2. The van der Waals surface area contributed by atoms with E-state index in [1.807, 2.05) is 42.5 Å². The Kier molecular flexibility index (Phi) is 10.8. The van der Waals surface area contributed by atoms with Crippen LogP contribution < -0.4 is 5.19 Å². The van der Waals surface area contributed by atoms with Crippen LogP contribution in [0, 0.1) is 24.5 Å². The SMILES string of the molecule is Cc1c[c-]c(-c2cc(CC(C)(C)C)c([Si](C)(C)C)cn2)cc1.[Ir].[c-]1ccc2c(oc3ccccc32)c1-c1nc2ccccc2n1Cc1ccccc1. The van der Waals surface area contributed by atoms with Crippen LogP contribution in [0.5, 0.6) is 0 Å². The molecular weight excluding hydrogens is 831 g/mol. The first-order valence-electron chi connectivity index (χ1n) is 17.7. The second kappa shape index (κ2) is 15.2. The molecular formula is C46H45IrN3OSi-2. The van der Waals surface area contributed by atoms with Crippen LogP contribution in [0.4, 0.5) is 0 Å². The quantitative estimate of drug-likeness (QED) is 0.123. The molecule has 52 heavy (non-hydrogen) atoms. The largest absolute Gasteiger partial charge is 0.501 e. The Balaban J connectivity index is 0.000000183. The van der Waals surface area contributed by atoms with Gasteiger partial charge in [0.05, 0.1) is 30.5 Å². The maximum Gasteiger partial charge on any atom is 0.120 e. The van der Waals surface area contributed by atoms with Crippen LogP contribution in [0.15, 0.2) is 126 Å². The number of benzene rings is 5. The molecule has 8 rings (SSSR count). The average molecular weight is 876 g/mol. The van der Waals surface area contributed by atoms with E-state index in [1.54, 1.807) is 0 Å². The first kappa shape index (κ1) is 37.2. The van der Waals surface area contributed by atoms with Gasteiger partial charge in [0.1, 0.15) is 5.58 Å². The molecule has 3 heterocycles. The number of nitrogens with zero attached hydrogens (tertiary/aromatic N) is 3. The smallest absolute Gasteiger partial charge is 0.120 e. The van der Waals surface area contributed by atoms with E-state index in [1.165, 1.54) is 21.9 Å². The number of para-hydroxylation sites is 3. The number of rotatable bonds is 6. The normalized spacial score (nSPS) is 11.8. The third kappa shape index (κ3) is 8.05. The zero-order chi connectivity index (χ0) is 35.8. The van der Waals surface area contributed by atoms with E-state index in [0.717, 1.165) is 68.6 Å². The van der Waals surface area contributed by atoms with Gasteiger partial charge in [-0.2, -0.15) is 0 Å². The predicted molar refractivity (Wildman–Crippen MR) is 216 cm³/mol. The summed E-state index contributed by atoms with van der Waals surface area (Å²) in [5, 5.41) is 3.69. The topological polar surface area (TPSA) is 43.9 Å². The number of hydrogen-bond donors (Lipinski definition) is 0. The molecule has 1 radical (unpaired) electrons. The van der Waals surface area contributed by atoms with Gasteiger partial charge in [0.15, 0.2) is 0 Å². The summed E-state index contributed by atoms with van der Waals surface area (Å²) in [5.74, 6) is 0.875. The molecule has 0 spiro atoms. The fraction of sp³-hybridized carbons (Fsp3) is 0.217. The van der Waals surface area contributed by atoms with Crippen LogP contribution >= 0.6 is 0 Å². The monoisotopic (exact) mass is 876 g/mol. The van der Waals surface area contributed by atoms with Gasteiger partial charge >= 0.3 is 0 Å². The molecule has 3 aromatic heterocycles. The molecule has 8 aromatic rings. The summed E-state index contributed by atoms with van der Waals surface area (Å²) >= 11 is 0. The van der Waals surface area contributed by atoms with Crippen LogP contribution in [0.1, 0.15) is 37.5 Å². The number of aryl methyl sites for hydroxylation is 1. The molecule has 0 amide bonds. The van der Waals surface area contributed by atoms with E-state index in [2.05, 4.69) is 143 Å². The summed E-state index contributed by atoms with van der Waals surface area (Å²) in [7, 11) is -1.38. The average Bonchev–Trinajstić information content (AvgIpc) is 3.67. The van der Waals surface area contributed by atoms with Crippen molar-refractivity contribution in [2.75, 3.05) is 0 Å². The number of imidazole rings is 1. The molecule has 0 bridgehead atoms. The maximum atomic E-state index is 6.25. The third-order valence-electron chi connectivity index (χ3n) is 9.16. The second-order valence-electron chi connectivity index (χ2n) is 15.7. The molecule has 5 aromatic carbocycles. The van der Waals surface area contributed by atoms with Gasteiger partial charge in [0, 0.05) is 38.2 Å². The Morgan fingerprint density at radius 3 is 2.27 bits per heavy atom. The number of furan rings is 1. The molecule has 0 aliphatic carbocycles. The van der Waals surface area contributed by atoms with Crippen molar-refractivity contribution in [3.8, 4) is 22.6 Å². The second-order valence-corrected chi connectivity index (χ2v) is 20.7. The first-order valence-corrected chi connectivity index (χ1v) is 21.2. The fourth-order valence-corrected chi connectivity index (χ4v) is 8.32. The van der Waals surface area contributed by atoms with Gasteiger partial charge < -0.3 is 14.0 Å². The molecule has 0 N–H and O–H groups in total. The molecule has 265 valence electrons. The molecule has 6 heteroatoms. The van der Waals surface area contributed by atoms with Gasteiger partial charge in [-0.15, -0.1) is 53.6 Å².